The third-order valence-corrected chi connectivity index (χ3v) is 4.34. The third kappa shape index (κ3) is 3.60. The number of fused-ring (bicyclic) bond motifs is 1. The minimum absolute atomic E-state index is 0.00962. The molecule has 0 amide bonds. The highest BCUT2D eigenvalue weighted by Crippen LogP contribution is 2.16. The number of nitrogens with zero attached hydrogens (tertiary/aromatic N) is 3. The summed E-state index contributed by atoms with van der Waals surface area (Å²) in [7, 11) is 0. The van der Waals surface area contributed by atoms with Crippen molar-refractivity contribution in [2.75, 3.05) is 5.43 Å². The lowest BCUT2D eigenvalue weighted by Gasteiger charge is -2.15. The summed E-state index contributed by atoms with van der Waals surface area (Å²) < 4.78 is 1.72. The number of anilines is 1. The van der Waals surface area contributed by atoms with Crippen molar-refractivity contribution < 1.29 is 0 Å². The molecule has 1 saturated carbocycles. The summed E-state index contributed by atoms with van der Waals surface area (Å²) in [6.07, 6.45) is 7.76. The standard InChI is InChI=1S/C18H24N4O/c1-2-3-13-22-17(23)15-11-7-8-12-16(15)19-18(22)21-20-14-9-5-4-6-10-14/h7-8,11-12H,2-6,9-10,13H2,1H3,(H,19,21). The van der Waals surface area contributed by atoms with E-state index in [4.69, 9.17) is 0 Å². The second kappa shape index (κ2) is 7.40. The van der Waals surface area contributed by atoms with Crippen LogP contribution in [-0.2, 0) is 6.54 Å². The monoisotopic (exact) mass is 312 g/mol. The summed E-state index contributed by atoms with van der Waals surface area (Å²) in [5.41, 5.74) is 4.97. The molecule has 5 nitrogen and oxygen atoms in total. The van der Waals surface area contributed by atoms with Gasteiger partial charge in [-0.25, -0.2) is 10.4 Å². The zero-order valence-corrected chi connectivity index (χ0v) is 13.7. The Kier molecular flexibility index (Phi) is 5.05. The molecule has 5 heteroatoms. The van der Waals surface area contributed by atoms with E-state index in [1.807, 2.05) is 24.3 Å². The van der Waals surface area contributed by atoms with Crippen LogP contribution in [0, 0.1) is 0 Å². The fourth-order valence-corrected chi connectivity index (χ4v) is 2.98. The number of para-hydroxylation sites is 1. The van der Waals surface area contributed by atoms with Crippen molar-refractivity contribution in [3.8, 4) is 0 Å². The van der Waals surface area contributed by atoms with Gasteiger partial charge in [0.05, 0.1) is 10.9 Å². The zero-order chi connectivity index (χ0) is 16.1. The zero-order valence-electron chi connectivity index (χ0n) is 13.7. The smallest absolute Gasteiger partial charge is 0.262 e. The van der Waals surface area contributed by atoms with E-state index < -0.39 is 0 Å². The van der Waals surface area contributed by atoms with Crippen molar-refractivity contribution in [1.29, 1.82) is 0 Å². The summed E-state index contributed by atoms with van der Waals surface area (Å²) >= 11 is 0. The molecule has 122 valence electrons. The maximum Gasteiger partial charge on any atom is 0.262 e. The van der Waals surface area contributed by atoms with Crippen molar-refractivity contribution >= 4 is 22.6 Å². The first kappa shape index (κ1) is 15.7. The molecule has 1 fully saturated rings. The quantitative estimate of drug-likeness (QED) is 0.851. The largest absolute Gasteiger partial charge is 0.277 e. The van der Waals surface area contributed by atoms with Crippen LogP contribution < -0.4 is 11.0 Å². The number of rotatable bonds is 5. The second-order valence-corrected chi connectivity index (χ2v) is 6.11. The Morgan fingerprint density at radius 2 is 2.00 bits per heavy atom. The van der Waals surface area contributed by atoms with Gasteiger partial charge >= 0.3 is 0 Å². The summed E-state index contributed by atoms with van der Waals surface area (Å²) in [5.74, 6) is 0.556. The first-order chi connectivity index (χ1) is 11.3. The van der Waals surface area contributed by atoms with E-state index in [2.05, 4.69) is 22.4 Å². The molecule has 23 heavy (non-hydrogen) atoms. The van der Waals surface area contributed by atoms with E-state index in [0.29, 0.717) is 17.9 Å². The van der Waals surface area contributed by atoms with Crippen LogP contribution in [-0.4, -0.2) is 15.3 Å². The number of hydrogen-bond acceptors (Lipinski definition) is 4. The van der Waals surface area contributed by atoms with Gasteiger partial charge < -0.3 is 0 Å². The fraction of sp³-hybridized carbons (Fsp3) is 0.500. The van der Waals surface area contributed by atoms with E-state index in [0.717, 1.165) is 31.2 Å². The molecule has 0 bridgehead atoms. The van der Waals surface area contributed by atoms with Crippen molar-refractivity contribution in [3.63, 3.8) is 0 Å². The number of benzene rings is 1. The molecule has 1 aromatic heterocycles. The number of hydrazone groups is 1. The molecule has 2 aromatic rings. The van der Waals surface area contributed by atoms with Crippen LogP contribution in [0.5, 0.6) is 0 Å². The molecule has 1 aliphatic rings. The Hall–Kier alpha value is -2.17. The first-order valence-corrected chi connectivity index (χ1v) is 8.60. The number of unbranched alkanes of at least 4 members (excludes halogenated alkanes) is 1. The van der Waals surface area contributed by atoms with Gasteiger partial charge in [0.1, 0.15) is 0 Å². The lowest BCUT2D eigenvalue weighted by atomic mass is 9.99. The molecule has 1 heterocycles. The third-order valence-electron chi connectivity index (χ3n) is 4.34. The van der Waals surface area contributed by atoms with Gasteiger partial charge in [-0.15, -0.1) is 0 Å². The highest BCUT2D eigenvalue weighted by molar-refractivity contribution is 5.85. The average Bonchev–Trinajstić information content (AvgIpc) is 2.60. The van der Waals surface area contributed by atoms with E-state index in [9.17, 15) is 4.79 Å². The van der Waals surface area contributed by atoms with Crippen LogP contribution in [0.15, 0.2) is 34.2 Å². The lowest BCUT2D eigenvalue weighted by molar-refractivity contribution is 0.613. The average molecular weight is 312 g/mol. The van der Waals surface area contributed by atoms with Gasteiger partial charge in [0, 0.05) is 12.3 Å². The number of hydrogen-bond donors (Lipinski definition) is 1. The maximum absolute atomic E-state index is 12.7. The molecule has 0 saturated heterocycles. The van der Waals surface area contributed by atoms with Gasteiger partial charge in [-0.1, -0.05) is 31.9 Å². The maximum atomic E-state index is 12.7. The van der Waals surface area contributed by atoms with Gasteiger partial charge in [-0.05, 0) is 44.2 Å². The van der Waals surface area contributed by atoms with E-state index >= 15 is 0 Å². The van der Waals surface area contributed by atoms with Crippen molar-refractivity contribution in [2.24, 2.45) is 5.10 Å². The lowest BCUT2D eigenvalue weighted by Crippen LogP contribution is -2.24. The summed E-state index contributed by atoms with van der Waals surface area (Å²) in [4.78, 5) is 17.4. The molecule has 1 aromatic carbocycles. The molecule has 0 spiro atoms. The van der Waals surface area contributed by atoms with Crippen LogP contribution in [0.1, 0.15) is 51.9 Å². The van der Waals surface area contributed by atoms with Crippen LogP contribution >= 0.6 is 0 Å². The number of nitrogens with one attached hydrogen (secondary N) is 1. The predicted molar refractivity (Wildman–Crippen MR) is 95.1 cm³/mol. The van der Waals surface area contributed by atoms with Crippen LogP contribution in [0.25, 0.3) is 10.9 Å². The summed E-state index contributed by atoms with van der Waals surface area (Å²) in [6, 6.07) is 7.50. The highest BCUT2D eigenvalue weighted by atomic mass is 16.1. The Bertz CT molecular complexity index is 755. The SMILES string of the molecule is CCCCn1c(NN=C2CCCCC2)nc2ccccc2c1=O. The van der Waals surface area contributed by atoms with Crippen molar-refractivity contribution in [2.45, 2.75) is 58.4 Å². The molecule has 1 aliphatic carbocycles. The fourth-order valence-electron chi connectivity index (χ4n) is 2.98. The molecular formula is C18H24N4O. The van der Waals surface area contributed by atoms with Gasteiger partial charge in [0.25, 0.3) is 5.56 Å². The minimum Gasteiger partial charge on any atom is -0.277 e. The molecular weight excluding hydrogens is 288 g/mol. The molecule has 3 rings (SSSR count). The second-order valence-electron chi connectivity index (χ2n) is 6.11. The van der Waals surface area contributed by atoms with Crippen LogP contribution in [0.4, 0.5) is 5.95 Å². The minimum atomic E-state index is 0.00962. The van der Waals surface area contributed by atoms with E-state index in [1.54, 1.807) is 4.57 Å². The molecule has 0 radical (unpaired) electrons. The van der Waals surface area contributed by atoms with E-state index in [-0.39, 0.29) is 5.56 Å². The topological polar surface area (TPSA) is 59.3 Å². The predicted octanol–water partition coefficient (Wildman–Crippen LogP) is 3.93. The van der Waals surface area contributed by atoms with Crippen LogP contribution in [0.2, 0.25) is 0 Å². The Balaban J connectivity index is 1.97. The van der Waals surface area contributed by atoms with Crippen molar-refractivity contribution in [1.82, 2.24) is 9.55 Å². The normalized spacial score (nSPS) is 14.9. The van der Waals surface area contributed by atoms with Gasteiger partial charge in [0.2, 0.25) is 5.95 Å². The molecule has 0 atom stereocenters. The van der Waals surface area contributed by atoms with E-state index in [1.165, 1.54) is 25.0 Å². The first-order valence-electron chi connectivity index (χ1n) is 8.60. The Morgan fingerprint density at radius 1 is 1.22 bits per heavy atom. The van der Waals surface area contributed by atoms with Crippen molar-refractivity contribution in [3.05, 3.63) is 34.6 Å². The molecule has 0 aliphatic heterocycles. The van der Waals surface area contributed by atoms with Gasteiger partial charge in [-0.3, -0.25) is 9.36 Å². The summed E-state index contributed by atoms with van der Waals surface area (Å²) in [6.45, 7) is 2.79. The Morgan fingerprint density at radius 3 is 2.78 bits per heavy atom. The highest BCUT2D eigenvalue weighted by Gasteiger charge is 2.11. The van der Waals surface area contributed by atoms with Crippen LogP contribution in [0.3, 0.4) is 0 Å². The number of aromatic nitrogens is 2. The van der Waals surface area contributed by atoms with Gasteiger partial charge in [0.15, 0.2) is 0 Å². The molecule has 0 unspecified atom stereocenters. The van der Waals surface area contributed by atoms with Gasteiger partial charge in [-0.2, -0.15) is 5.10 Å². The summed E-state index contributed by atoms with van der Waals surface area (Å²) in [5, 5.41) is 5.18. The Labute approximate surface area is 136 Å². The molecule has 1 N–H and O–H groups in total.